The highest BCUT2D eigenvalue weighted by Gasteiger charge is 2.43. The molecular weight excluding hydrogens is 470 g/mol. The summed E-state index contributed by atoms with van der Waals surface area (Å²) in [7, 11) is 0. The lowest BCUT2D eigenvalue weighted by atomic mass is 9.68. The number of nitrogens with one attached hydrogen (secondary N) is 1. The zero-order chi connectivity index (χ0) is 26.7. The monoisotopic (exact) mass is 503 g/mol. The first-order valence-corrected chi connectivity index (χ1v) is 13.6. The molecule has 0 bridgehead atoms. The molecule has 6 nitrogen and oxygen atoms in total. The van der Waals surface area contributed by atoms with Gasteiger partial charge in [-0.05, 0) is 78.0 Å². The SMILES string of the molecule is Cc1cc2c(cc1C)N=c1c3c(c(C#N)c(=N)n1C2)Oc1c(cc2c4c1C(C)(C)CCN4CCC2(C)C)C=3. The van der Waals surface area contributed by atoms with Gasteiger partial charge in [-0.15, -0.1) is 0 Å². The summed E-state index contributed by atoms with van der Waals surface area (Å²) >= 11 is 0. The summed E-state index contributed by atoms with van der Waals surface area (Å²) in [4.78, 5) is 7.59. The number of nitriles is 1. The average molecular weight is 504 g/mol. The lowest BCUT2D eigenvalue weighted by molar-refractivity contribution is 0.378. The van der Waals surface area contributed by atoms with Crippen molar-refractivity contribution in [3.8, 4) is 17.6 Å². The molecule has 0 spiro atoms. The molecule has 0 saturated heterocycles. The second-order valence-electron chi connectivity index (χ2n) is 12.7. The zero-order valence-electron chi connectivity index (χ0n) is 23.0. The third-order valence-electron chi connectivity index (χ3n) is 9.36. The Morgan fingerprint density at radius 3 is 2.45 bits per heavy atom. The van der Waals surface area contributed by atoms with E-state index in [-0.39, 0.29) is 21.9 Å². The number of aryl methyl sites for hydroxylation is 2. The van der Waals surface area contributed by atoms with E-state index in [1.165, 1.54) is 27.9 Å². The molecule has 3 aromatic rings. The smallest absolute Gasteiger partial charge is 0.159 e. The van der Waals surface area contributed by atoms with Gasteiger partial charge in [0.25, 0.3) is 0 Å². The lowest BCUT2D eigenvalue weighted by Crippen LogP contribution is -2.48. The molecule has 0 aliphatic carbocycles. The third kappa shape index (κ3) is 2.99. The summed E-state index contributed by atoms with van der Waals surface area (Å²) in [5.74, 6) is 1.30. The van der Waals surface area contributed by atoms with Crippen LogP contribution in [0.15, 0.2) is 23.2 Å². The van der Waals surface area contributed by atoms with Gasteiger partial charge in [0.1, 0.15) is 28.4 Å². The first-order valence-electron chi connectivity index (χ1n) is 13.6. The van der Waals surface area contributed by atoms with E-state index in [2.05, 4.69) is 76.8 Å². The van der Waals surface area contributed by atoms with Crippen LogP contribution in [0.4, 0.5) is 11.4 Å². The topological polar surface area (TPSA) is 77.4 Å². The van der Waals surface area contributed by atoms with Gasteiger partial charge in [0.15, 0.2) is 5.75 Å². The van der Waals surface area contributed by atoms with Crippen LogP contribution in [0, 0.1) is 30.6 Å². The first-order chi connectivity index (χ1) is 18.0. The minimum Gasteiger partial charge on any atom is -0.454 e. The number of anilines is 1. The van der Waals surface area contributed by atoms with Gasteiger partial charge >= 0.3 is 0 Å². The molecule has 1 N–H and O–H groups in total. The molecule has 0 radical (unpaired) electrons. The molecule has 4 aliphatic rings. The molecule has 1 aromatic heterocycles. The Balaban J connectivity index is 1.60. The van der Waals surface area contributed by atoms with Crippen LogP contribution in [0.2, 0.25) is 0 Å². The van der Waals surface area contributed by atoms with Gasteiger partial charge in [0, 0.05) is 29.9 Å². The number of aromatic nitrogens is 1. The predicted octanol–water partition coefficient (Wildman–Crippen LogP) is 4.87. The number of hydrogen-bond acceptors (Lipinski definition) is 5. The molecule has 7 rings (SSSR count). The number of ether oxygens (including phenoxy) is 1. The number of pyridine rings is 1. The van der Waals surface area contributed by atoms with Crippen molar-refractivity contribution in [3.05, 3.63) is 73.3 Å². The van der Waals surface area contributed by atoms with Gasteiger partial charge in [0.2, 0.25) is 0 Å². The normalized spacial score (nSPS) is 18.8. The van der Waals surface area contributed by atoms with Crippen molar-refractivity contribution >= 4 is 17.5 Å². The average Bonchev–Trinajstić information content (AvgIpc) is 2.86. The molecule has 6 heteroatoms. The fourth-order valence-electron chi connectivity index (χ4n) is 6.77. The molecule has 0 fully saturated rings. The van der Waals surface area contributed by atoms with Crippen molar-refractivity contribution < 1.29 is 4.74 Å². The Bertz CT molecular complexity index is 1830. The number of hydrogen-bond donors (Lipinski definition) is 1. The van der Waals surface area contributed by atoms with Crippen LogP contribution in [-0.4, -0.2) is 17.7 Å². The second-order valence-corrected chi connectivity index (χ2v) is 12.7. The van der Waals surface area contributed by atoms with Crippen molar-refractivity contribution in [2.75, 3.05) is 18.0 Å². The largest absolute Gasteiger partial charge is 0.454 e. The third-order valence-corrected chi connectivity index (χ3v) is 9.36. The summed E-state index contributed by atoms with van der Waals surface area (Å²) in [5, 5.41) is 20.0. The highest BCUT2D eigenvalue weighted by molar-refractivity contribution is 5.79. The van der Waals surface area contributed by atoms with E-state index in [0.717, 1.165) is 53.7 Å². The van der Waals surface area contributed by atoms with E-state index in [1.54, 1.807) is 0 Å². The quantitative estimate of drug-likeness (QED) is 0.327. The second kappa shape index (κ2) is 7.38. The van der Waals surface area contributed by atoms with Crippen molar-refractivity contribution in [1.82, 2.24) is 4.57 Å². The number of nitrogens with zero attached hydrogens (tertiary/aromatic N) is 4. The molecule has 2 aromatic carbocycles. The van der Waals surface area contributed by atoms with E-state index in [1.807, 2.05) is 4.57 Å². The van der Waals surface area contributed by atoms with Gasteiger partial charge in [-0.2, -0.15) is 5.26 Å². The van der Waals surface area contributed by atoms with Crippen LogP contribution in [0.1, 0.15) is 79.5 Å². The first kappa shape index (κ1) is 23.3. The molecule has 0 amide bonds. The van der Waals surface area contributed by atoms with Gasteiger partial charge < -0.3 is 14.2 Å². The maximum absolute atomic E-state index is 10.2. The van der Waals surface area contributed by atoms with Crippen molar-refractivity contribution in [2.24, 2.45) is 4.99 Å². The van der Waals surface area contributed by atoms with E-state index >= 15 is 0 Å². The Labute approximate surface area is 223 Å². The summed E-state index contributed by atoms with van der Waals surface area (Å²) in [6.07, 6.45) is 4.32. The molecule has 0 atom stereocenters. The van der Waals surface area contributed by atoms with Gasteiger partial charge in [-0.1, -0.05) is 33.8 Å². The highest BCUT2D eigenvalue weighted by Crippen LogP contribution is 2.54. The molecule has 0 saturated carbocycles. The molecule has 5 heterocycles. The van der Waals surface area contributed by atoms with Gasteiger partial charge in [-0.3, -0.25) is 5.41 Å². The maximum atomic E-state index is 10.2. The van der Waals surface area contributed by atoms with E-state index in [9.17, 15) is 5.26 Å². The van der Waals surface area contributed by atoms with Crippen LogP contribution in [-0.2, 0) is 17.4 Å². The summed E-state index contributed by atoms with van der Waals surface area (Å²) < 4.78 is 8.64. The highest BCUT2D eigenvalue weighted by atomic mass is 16.5. The molecule has 4 aliphatic heterocycles. The van der Waals surface area contributed by atoms with Crippen LogP contribution in [0.25, 0.3) is 6.08 Å². The van der Waals surface area contributed by atoms with Crippen molar-refractivity contribution in [3.63, 3.8) is 0 Å². The Kier molecular flexibility index (Phi) is 4.52. The van der Waals surface area contributed by atoms with E-state index in [4.69, 9.17) is 15.1 Å². The summed E-state index contributed by atoms with van der Waals surface area (Å²) in [5.41, 5.74) is 10.5. The van der Waals surface area contributed by atoms with E-state index < -0.39 is 0 Å². The maximum Gasteiger partial charge on any atom is 0.159 e. The van der Waals surface area contributed by atoms with Crippen LogP contribution in [0.3, 0.4) is 0 Å². The predicted molar refractivity (Wildman–Crippen MR) is 148 cm³/mol. The fraction of sp³-hybridized carbons (Fsp3) is 0.406. The Hall–Kier alpha value is -3.85. The number of fused-ring (bicyclic) bond motifs is 6. The lowest BCUT2D eigenvalue weighted by Gasteiger charge is -2.49. The van der Waals surface area contributed by atoms with E-state index in [0.29, 0.717) is 17.8 Å². The van der Waals surface area contributed by atoms with Crippen LogP contribution < -0.4 is 25.8 Å². The summed E-state index contributed by atoms with van der Waals surface area (Å²) in [6.45, 7) is 16.1. The summed E-state index contributed by atoms with van der Waals surface area (Å²) in [6, 6.07) is 8.89. The molecule has 0 unspecified atom stereocenters. The number of rotatable bonds is 0. The van der Waals surface area contributed by atoms with Crippen LogP contribution in [0.5, 0.6) is 11.5 Å². The van der Waals surface area contributed by atoms with Gasteiger partial charge in [0.05, 0.1) is 17.5 Å². The minimum absolute atomic E-state index is 0.0624. The molecule has 192 valence electrons. The number of benzene rings is 2. The fourth-order valence-corrected chi connectivity index (χ4v) is 6.77. The zero-order valence-corrected chi connectivity index (χ0v) is 23.0. The standard InChI is InChI=1S/C32H33N5O/c1-17-11-20-16-37-29(34)22(15-33)28-21(30(37)35-24(20)12-18(17)2)13-19-14-23-26-25(27(19)38-28)32(5,6)8-10-36(26)9-7-31(23,3)4/h11-14,34H,7-10,16H2,1-6H3. The Morgan fingerprint density at radius 1 is 1.00 bits per heavy atom. The molecule has 38 heavy (non-hydrogen) atoms. The molecular formula is C32H33N5O. The van der Waals surface area contributed by atoms with Crippen LogP contribution >= 0.6 is 0 Å². The van der Waals surface area contributed by atoms with Crippen molar-refractivity contribution in [2.45, 2.75) is 71.8 Å². The Morgan fingerprint density at radius 2 is 1.71 bits per heavy atom. The van der Waals surface area contributed by atoms with Gasteiger partial charge in [-0.25, -0.2) is 4.99 Å². The minimum atomic E-state index is -0.0665. The van der Waals surface area contributed by atoms with Crippen molar-refractivity contribution in [1.29, 1.82) is 10.7 Å².